The van der Waals surface area contributed by atoms with Crippen molar-refractivity contribution in [3.8, 4) is 11.3 Å². The lowest BCUT2D eigenvalue weighted by Gasteiger charge is -2.18. The van der Waals surface area contributed by atoms with Gasteiger partial charge in [-0.3, -0.25) is 0 Å². The molecule has 0 aliphatic rings. The third-order valence-corrected chi connectivity index (χ3v) is 4.24. The second-order valence-electron chi connectivity index (χ2n) is 6.35. The lowest BCUT2D eigenvalue weighted by Crippen LogP contribution is -2.40. The van der Waals surface area contributed by atoms with Crippen molar-refractivity contribution in [3.05, 3.63) is 42.4 Å². The molecule has 150 valence electrons. The Morgan fingerprint density at radius 2 is 1.96 bits per heavy atom. The molecule has 2 rings (SSSR count). The largest absolute Gasteiger partial charge is 0.396 e. The maximum atomic E-state index is 9.19. The smallest absolute Gasteiger partial charge is 0.191 e. The van der Waals surface area contributed by atoms with Gasteiger partial charge in [-0.1, -0.05) is 43.7 Å². The third kappa shape index (κ3) is 8.30. The molecular weight excluding hydrogens is 453 g/mol. The first-order valence-corrected chi connectivity index (χ1v) is 9.49. The van der Waals surface area contributed by atoms with Crippen LogP contribution in [-0.4, -0.2) is 40.7 Å². The monoisotopic (exact) mass is 485 g/mol. The van der Waals surface area contributed by atoms with Crippen LogP contribution < -0.4 is 10.6 Å². The van der Waals surface area contributed by atoms with Gasteiger partial charge in [0.1, 0.15) is 12.4 Å². The molecule has 0 radical (unpaired) electrons. The molecule has 7 heteroatoms. The van der Waals surface area contributed by atoms with Crippen LogP contribution in [0.25, 0.3) is 11.3 Å². The van der Waals surface area contributed by atoms with Gasteiger partial charge in [-0.2, -0.15) is 0 Å². The Bertz CT molecular complexity index is 653. The Morgan fingerprint density at radius 1 is 1.19 bits per heavy atom. The molecule has 1 aromatic carbocycles. The Morgan fingerprint density at radius 3 is 2.63 bits per heavy atom. The highest BCUT2D eigenvalue weighted by atomic mass is 127. The zero-order valence-electron chi connectivity index (χ0n) is 16.2. The lowest BCUT2D eigenvalue weighted by atomic mass is 10.0. The molecule has 0 aliphatic carbocycles. The maximum Gasteiger partial charge on any atom is 0.191 e. The normalized spacial score (nSPS) is 12.3. The molecule has 0 fully saturated rings. The summed E-state index contributed by atoms with van der Waals surface area (Å²) in [5, 5.41) is 15.8. The first-order chi connectivity index (χ1) is 12.8. The van der Waals surface area contributed by atoms with Gasteiger partial charge in [-0.05, 0) is 31.2 Å². The van der Waals surface area contributed by atoms with E-state index >= 15 is 0 Å². The summed E-state index contributed by atoms with van der Waals surface area (Å²) < 4.78 is 0. The summed E-state index contributed by atoms with van der Waals surface area (Å²) in [6, 6.07) is 10.1. The first kappa shape index (κ1) is 23.4. The molecule has 1 unspecified atom stereocenters. The van der Waals surface area contributed by atoms with E-state index in [2.05, 4.69) is 51.6 Å². The molecule has 0 bridgehead atoms. The van der Waals surface area contributed by atoms with Gasteiger partial charge in [-0.25, -0.2) is 9.98 Å². The lowest BCUT2D eigenvalue weighted by molar-refractivity contribution is 0.251. The fraction of sp³-hybridized carbons (Fsp3) is 0.500. The number of aliphatic hydroxyl groups excluding tert-OH is 1. The summed E-state index contributed by atoms with van der Waals surface area (Å²) in [5.41, 5.74) is 2.12. The van der Waals surface area contributed by atoms with Gasteiger partial charge in [0.05, 0.1) is 11.9 Å². The molecule has 1 heterocycles. The third-order valence-electron chi connectivity index (χ3n) is 4.24. The molecule has 0 aliphatic heterocycles. The van der Waals surface area contributed by atoms with Gasteiger partial charge in [0.2, 0.25) is 0 Å². The van der Waals surface area contributed by atoms with Crippen LogP contribution in [-0.2, 0) is 6.54 Å². The minimum atomic E-state index is 0. The molecule has 1 aromatic heterocycles. The van der Waals surface area contributed by atoms with E-state index in [0.29, 0.717) is 12.5 Å². The van der Waals surface area contributed by atoms with Crippen LogP contribution in [0, 0.1) is 5.92 Å². The topological polar surface area (TPSA) is 85.3 Å². The van der Waals surface area contributed by atoms with Crippen molar-refractivity contribution >= 4 is 29.9 Å². The number of nitrogens with one attached hydrogen (secondary N) is 3. The summed E-state index contributed by atoms with van der Waals surface area (Å²) >= 11 is 0. The fourth-order valence-electron chi connectivity index (χ4n) is 2.88. The van der Waals surface area contributed by atoms with Gasteiger partial charge in [0.25, 0.3) is 0 Å². The maximum absolute atomic E-state index is 9.19. The van der Waals surface area contributed by atoms with E-state index in [1.807, 2.05) is 24.4 Å². The van der Waals surface area contributed by atoms with Gasteiger partial charge in [0.15, 0.2) is 5.96 Å². The number of hydrogen-bond acceptors (Lipinski definition) is 3. The van der Waals surface area contributed by atoms with Crippen LogP contribution in [0.3, 0.4) is 0 Å². The van der Waals surface area contributed by atoms with E-state index in [1.54, 1.807) is 0 Å². The number of guanidine groups is 1. The average Bonchev–Trinajstić information content (AvgIpc) is 3.14. The molecule has 0 amide bonds. The quantitative estimate of drug-likeness (QED) is 0.236. The van der Waals surface area contributed by atoms with Crippen LogP contribution in [0.15, 0.2) is 41.5 Å². The van der Waals surface area contributed by atoms with Gasteiger partial charge < -0.3 is 20.7 Å². The minimum absolute atomic E-state index is 0. The Hall–Kier alpha value is -1.61. The number of nitrogens with zero attached hydrogens (tertiary/aromatic N) is 2. The molecule has 2 aromatic rings. The number of aliphatic hydroxyl groups is 1. The van der Waals surface area contributed by atoms with Crippen molar-refractivity contribution in [3.63, 3.8) is 0 Å². The number of halogens is 1. The molecule has 0 saturated carbocycles. The van der Waals surface area contributed by atoms with Gasteiger partial charge in [0, 0.05) is 19.7 Å². The second-order valence-corrected chi connectivity index (χ2v) is 6.35. The van der Waals surface area contributed by atoms with E-state index in [-0.39, 0.29) is 30.6 Å². The number of benzene rings is 1. The van der Waals surface area contributed by atoms with Crippen LogP contribution in [0.5, 0.6) is 0 Å². The summed E-state index contributed by atoms with van der Waals surface area (Å²) in [6.45, 7) is 6.56. The predicted octanol–water partition coefficient (Wildman–Crippen LogP) is 3.55. The van der Waals surface area contributed by atoms with E-state index < -0.39 is 0 Å². The van der Waals surface area contributed by atoms with Crippen molar-refractivity contribution < 1.29 is 5.11 Å². The number of H-pyrrole nitrogens is 1. The minimum Gasteiger partial charge on any atom is -0.396 e. The fourth-order valence-corrected chi connectivity index (χ4v) is 2.88. The summed E-state index contributed by atoms with van der Waals surface area (Å²) in [6.07, 6.45) is 4.89. The standard InChI is InChI=1S/C20H31N5O.HI/c1-3-8-16(11-12-26)13-23-20(21-4-2)24-15-19-22-14-18(25-19)17-9-6-5-7-10-17;/h5-7,9-10,14,16,26H,3-4,8,11-13,15H2,1-2H3,(H,22,25)(H2,21,23,24);1H. The summed E-state index contributed by atoms with van der Waals surface area (Å²) in [5.74, 6) is 2.08. The molecular formula is C20H32IN5O. The molecule has 27 heavy (non-hydrogen) atoms. The van der Waals surface area contributed by atoms with Crippen molar-refractivity contribution in [1.29, 1.82) is 0 Å². The highest BCUT2D eigenvalue weighted by Crippen LogP contribution is 2.16. The Kier molecular flexibility index (Phi) is 11.8. The van der Waals surface area contributed by atoms with Crippen LogP contribution in [0.4, 0.5) is 0 Å². The zero-order valence-corrected chi connectivity index (χ0v) is 18.6. The first-order valence-electron chi connectivity index (χ1n) is 9.49. The number of hydrogen-bond donors (Lipinski definition) is 4. The van der Waals surface area contributed by atoms with Gasteiger partial charge >= 0.3 is 0 Å². The number of imidazole rings is 1. The van der Waals surface area contributed by atoms with E-state index in [9.17, 15) is 5.11 Å². The van der Waals surface area contributed by atoms with Crippen LogP contribution >= 0.6 is 24.0 Å². The molecule has 4 N–H and O–H groups in total. The van der Waals surface area contributed by atoms with Crippen molar-refractivity contribution in [2.24, 2.45) is 10.9 Å². The van der Waals surface area contributed by atoms with Crippen molar-refractivity contribution in [2.75, 3.05) is 19.7 Å². The van der Waals surface area contributed by atoms with Crippen LogP contribution in [0.1, 0.15) is 38.9 Å². The van der Waals surface area contributed by atoms with Crippen molar-refractivity contribution in [1.82, 2.24) is 20.6 Å². The van der Waals surface area contributed by atoms with Crippen molar-refractivity contribution in [2.45, 2.75) is 39.7 Å². The SMILES string of the molecule is CCCC(CCO)CNC(=NCc1ncc(-c2ccccc2)[nH]1)NCC.I. The predicted molar refractivity (Wildman–Crippen MR) is 122 cm³/mol. The number of aromatic amines is 1. The summed E-state index contributed by atoms with van der Waals surface area (Å²) in [7, 11) is 0. The number of aromatic nitrogens is 2. The average molecular weight is 485 g/mol. The van der Waals surface area contributed by atoms with E-state index in [4.69, 9.17) is 0 Å². The Labute approximate surface area is 179 Å². The molecule has 0 saturated heterocycles. The number of aliphatic imine (C=N–C) groups is 1. The highest BCUT2D eigenvalue weighted by molar-refractivity contribution is 14.0. The van der Waals surface area contributed by atoms with Gasteiger partial charge in [-0.15, -0.1) is 24.0 Å². The molecule has 6 nitrogen and oxygen atoms in total. The van der Waals surface area contributed by atoms with E-state index in [0.717, 1.165) is 55.4 Å². The Balaban J connectivity index is 0.00000364. The van der Waals surface area contributed by atoms with E-state index in [1.165, 1.54) is 0 Å². The number of rotatable bonds is 10. The zero-order chi connectivity index (χ0) is 18.6. The summed E-state index contributed by atoms with van der Waals surface area (Å²) in [4.78, 5) is 12.4. The highest BCUT2D eigenvalue weighted by Gasteiger charge is 2.09. The second kappa shape index (κ2) is 13.5. The molecule has 0 spiro atoms. The van der Waals surface area contributed by atoms with Crippen LogP contribution in [0.2, 0.25) is 0 Å². The molecule has 1 atom stereocenters.